The summed E-state index contributed by atoms with van der Waals surface area (Å²) in [7, 11) is 0. The second kappa shape index (κ2) is 14.9. The van der Waals surface area contributed by atoms with Gasteiger partial charge in [0.15, 0.2) is 0 Å². The molecule has 2 unspecified atom stereocenters. The zero-order chi connectivity index (χ0) is 45.3. The van der Waals surface area contributed by atoms with E-state index in [1.807, 2.05) is 11.3 Å². The molecule has 0 N–H and O–H groups in total. The highest BCUT2D eigenvalue weighted by Crippen LogP contribution is 2.56. The molecule has 0 saturated carbocycles. The molecule has 4 nitrogen and oxygen atoms in total. The molecule has 0 bridgehead atoms. The van der Waals surface area contributed by atoms with Gasteiger partial charge in [-0.05, 0) is 93.6 Å². The lowest BCUT2D eigenvalue weighted by Gasteiger charge is -2.29. The van der Waals surface area contributed by atoms with Crippen LogP contribution < -0.4 is 4.90 Å². The lowest BCUT2D eigenvalue weighted by atomic mass is 9.80. The van der Waals surface area contributed by atoms with Crippen LogP contribution in [0.25, 0.3) is 107 Å². The van der Waals surface area contributed by atoms with Crippen LogP contribution in [0.5, 0.6) is 0 Å². The molecule has 0 fully saturated rings. The summed E-state index contributed by atoms with van der Waals surface area (Å²) < 4.78 is 7.21. The van der Waals surface area contributed by atoms with Crippen LogP contribution in [0.4, 0.5) is 11.4 Å². The van der Waals surface area contributed by atoms with Crippen molar-refractivity contribution < 1.29 is 0 Å². The second-order valence-corrected chi connectivity index (χ2v) is 20.6. The average molecular weight is 917 g/mol. The number of hydrogen-bond acceptors (Lipinski definition) is 5. The molecule has 1 aliphatic heterocycles. The van der Waals surface area contributed by atoms with Crippen LogP contribution in [-0.4, -0.2) is 14.5 Å². The maximum absolute atomic E-state index is 5.57. The van der Waals surface area contributed by atoms with Gasteiger partial charge in [-0.2, -0.15) is 0 Å². The summed E-state index contributed by atoms with van der Waals surface area (Å²) >= 11 is 3.67. The van der Waals surface area contributed by atoms with Gasteiger partial charge in [-0.1, -0.05) is 165 Å². The van der Waals surface area contributed by atoms with Gasteiger partial charge in [0.2, 0.25) is 5.95 Å². The van der Waals surface area contributed by atoms with Gasteiger partial charge in [-0.25, -0.2) is 9.97 Å². The highest BCUT2D eigenvalue weighted by atomic mass is 32.1. The fraction of sp³-hybridized carbons (Fsp3) is 0.0476. The second-order valence-electron chi connectivity index (χ2n) is 18.5. The maximum Gasteiger partial charge on any atom is 0.235 e. The smallest absolute Gasteiger partial charge is 0.235 e. The molecule has 4 aromatic heterocycles. The third-order valence-corrected chi connectivity index (χ3v) is 17.0. The number of benzene rings is 9. The SMILES string of the molecule is CC1C=C(c2cc3c4ccccc4n(-c4nc(-c5ccccc5)c5sc6ccccc6c5n4)c3c3c2sc2ccccc23)C=C2C1c1ccccc1N2c1ccc2cc(-c3ccccc3)ccc2c1. The minimum absolute atomic E-state index is 0.226. The fourth-order valence-electron chi connectivity index (χ4n) is 11.6. The van der Waals surface area contributed by atoms with Crippen molar-refractivity contribution in [1.82, 2.24) is 14.5 Å². The molecule has 9 aromatic carbocycles. The van der Waals surface area contributed by atoms with E-state index in [1.165, 1.54) is 91.3 Å². The van der Waals surface area contributed by atoms with Crippen molar-refractivity contribution in [3.05, 3.63) is 229 Å². The first-order valence-electron chi connectivity index (χ1n) is 23.7. The molecule has 324 valence electrons. The Labute approximate surface area is 406 Å². The Morgan fingerprint density at radius 1 is 0.522 bits per heavy atom. The highest BCUT2D eigenvalue weighted by Gasteiger charge is 2.40. The van der Waals surface area contributed by atoms with Gasteiger partial charge in [-0.3, -0.25) is 4.57 Å². The molecular weight excluding hydrogens is 877 g/mol. The van der Waals surface area contributed by atoms with E-state index in [1.54, 1.807) is 11.3 Å². The Morgan fingerprint density at radius 3 is 2.03 bits per heavy atom. The minimum Gasteiger partial charge on any atom is -0.313 e. The van der Waals surface area contributed by atoms with Crippen molar-refractivity contribution in [3.63, 3.8) is 0 Å². The van der Waals surface area contributed by atoms with E-state index in [-0.39, 0.29) is 11.8 Å². The number of allylic oxidation sites excluding steroid dienone is 4. The molecule has 15 rings (SSSR count). The summed E-state index contributed by atoms with van der Waals surface area (Å²) in [6.07, 6.45) is 5.04. The molecule has 2 aliphatic rings. The van der Waals surface area contributed by atoms with E-state index in [4.69, 9.17) is 9.97 Å². The zero-order valence-corrected chi connectivity index (χ0v) is 39.1. The summed E-state index contributed by atoms with van der Waals surface area (Å²) in [5.74, 6) is 1.16. The van der Waals surface area contributed by atoms with Crippen LogP contribution in [0.2, 0.25) is 0 Å². The van der Waals surface area contributed by atoms with Gasteiger partial charge in [0.1, 0.15) is 0 Å². The van der Waals surface area contributed by atoms with Gasteiger partial charge in [0, 0.05) is 75.1 Å². The molecule has 13 aromatic rings. The molecule has 0 amide bonds. The number of aromatic nitrogens is 3. The number of anilines is 2. The van der Waals surface area contributed by atoms with Crippen molar-refractivity contribution >= 4 is 113 Å². The van der Waals surface area contributed by atoms with Gasteiger partial charge in [-0.15, -0.1) is 22.7 Å². The molecule has 5 heterocycles. The topological polar surface area (TPSA) is 34.0 Å². The van der Waals surface area contributed by atoms with Crippen molar-refractivity contribution in [2.24, 2.45) is 5.92 Å². The predicted octanol–water partition coefficient (Wildman–Crippen LogP) is 17.6. The largest absolute Gasteiger partial charge is 0.313 e. The van der Waals surface area contributed by atoms with Gasteiger partial charge < -0.3 is 4.90 Å². The molecule has 0 spiro atoms. The van der Waals surface area contributed by atoms with Crippen LogP contribution in [-0.2, 0) is 0 Å². The van der Waals surface area contributed by atoms with E-state index in [2.05, 4.69) is 229 Å². The summed E-state index contributed by atoms with van der Waals surface area (Å²) in [5, 5.41) is 8.49. The van der Waals surface area contributed by atoms with Gasteiger partial charge in [0.25, 0.3) is 0 Å². The van der Waals surface area contributed by atoms with Gasteiger partial charge >= 0.3 is 0 Å². The summed E-state index contributed by atoms with van der Waals surface area (Å²) in [4.78, 5) is 13.7. The van der Waals surface area contributed by atoms with Gasteiger partial charge in [0.05, 0.1) is 26.9 Å². The number of nitrogens with zero attached hydrogens (tertiary/aromatic N) is 4. The van der Waals surface area contributed by atoms with E-state index in [9.17, 15) is 0 Å². The quantitative estimate of drug-likeness (QED) is 0.172. The maximum atomic E-state index is 5.57. The normalized spacial score (nSPS) is 15.8. The minimum atomic E-state index is 0.226. The molecular formula is C63H40N4S2. The van der Waals surface area contributed by atoms with Crippen molar-refractivity contribution in [2.75, 3.05) is 4.90 Å². The summed E-state index contributed by atoms with van der Waals surface area (Å²) in [6, 6.07) is 73.0. The lowest BCUT2D eigenvalue weighted by Crippen LogP contribution is -2.19. The fourth-order valence-corrected chi connectivity index (χ4v) is 13.9. The number of rotatable bonds is 5. The van der Waals surface area contributed by atoms with Crippen molar-refractivity contribution in [1.29, 1.82) is 0 Å². The third-order valence-electron chi connectivity index (χ3n) is 14.6. The Hall–Kier alpha value is -8.16. The van der Waals surface area contributed by atoms with E-state index < -0.39 is 0 Å². The molecule has 0 saturated heterocycles. The van der Waals surface area contributed by atoms with Crippen LogP contribution in [0.3, 0.4) is 0 Å². The van der Waals surface area contributed by atoms with Crippen LogP contribution >= 0.6 is 22.7 Å². The first-order chi connectivity index (χ1) is 34.1. The standard InChI is InChI=1S/C63H40N4S2/c1-37-32-43(35-53-56(37)46-21-9-13-25-52(46)66(53)44-31-30-41-33-40(28-29-42(41)34-44)38-16-4-2-5-17-38)49-36-50-45-20-8-12-24-51(45)67(60(50)57-47-22-10-14-26-54(47)68-61(49)57)63-64-58(39-18-6-3-7-19-39)62-59(65-63)48-23-11-15-27-55(48)69-62/h2-37,56H,1H3. The Kier molecular flexibility index (Phi) is 8.41. The predicted molar refractivity (Wildman–Crippen MR) is 294 cm³/mol. The molecule has 2 atom stereocenters. The number of fused-ring (bicyclic) bond motifs is 14. The number of para-hydroxylation sites is 2. The number of hydrogen-bond donors (Lipinski definition) is 0. The van der Waals surface area contributed by atoms with Crippen LogP contribution in [0, 0.1) is 5.92 Å². The summed E-state index contributed by atoms with van der Waals surface area (Å²) in [5.41, 5.74) is 15.4. The Bertz CT molecular complexity index is 4350. The Balaban J connectivity index is 0.962. The van der Waals surface area contributed by atoms with E-state index >= 15 is 0 Å². The lowest BCUT2D eigenvalue weighted by molar-refractivity contribution is 0.621. The monoisotopic (exact) mass is 916 g/mol. The average Bonchev–Trinajstić information content (AvgIpc) is 4.16. The van der Waals surface area contributed by atoms with E-state index in [0.717, 1.165) is 37.9 Å². The highest BCUT2D eigenvalue weighted by molar-refractivity contribution is 7.26. The number of thiophene rings is 2. The summed E-state index contributed by atoms with van der Waals surface area (Å²) in [6.45, 7) is 2.40. The van der Waals surface area contributed by atoms with Crippen LogP contribution in [0.15, 0.2) is 218 Å². The van der Waals surface area contributed by atoms with Crippen molar-refractivity contribution in [3.8, 4) is 28.3 Å². The Morgan fingerprint density at radius 2 is 1.19 bits per heavy atom. The molecule has 1 aliphatic carbocycles. The van der Waals surface area contributed by atoms with E-state index in [0.29, 0.717) is 5.95 Å². The first kappa shape index (κ1) is 38.9. The zero-order valence-electron chi connectivity index (χ0n) is 37.5. The van der Waals surface area contributed by atoms with Crippen molar-refractivity contribution in [2.45, 2.75) is 12.8 Å². The molecule has 6 heteroatoms. The molecule has 0 radical (unpaired) electrons. The molecule has 69 heavy (non-hydrogen) atoms. The van der Waals surface area contributed by atoms with Crippen LogP contribution in [0.1, 0.15) is 24.0 Å². The third kappa shape index (κ3) is 5.80. The first-order valence-corrected chi connectivity index (χ1v) is 25.3.